The van der Waals surface area contributed by atoms with Gasteiger partial charge in [0, 0.05) is 25.3 Å². The number of aldehydes is 2. The van der Waals surface area contributed by atoms with Crippen LogP contribution in [-0.4, -0.2) is 106 Å². The Hall–Kier alpha value is -4.50. The summed E-state index contributed by atoms with van der Waals surface area (Å²) < 4.78 is 5.81. The molecule has 298 valence electrons. The number of esters is 1. The van der Waals surface area contributed by atoms with E-state index in [1.807, 2.05) is 6.07 Å². The molecule has 1 fully saturated rings. The van der Waals surface area contributed by atoms with Crippen LogP contribution in [0.4, 0.5) is 0 Å². The number of nitrogens with zero attached hydrogens (tertiary/aromatic N) is 1. The molecule has 1 aromatic carbocycles. The zero-order chi connectivity index (χ0) is 40.4. The number of Topliss-reactive ketones (excluding diaryl/α,β-unsaturated/α-hetero) is 1. The first-order valence-electron chi connectivity index (χ1n) is 18.4. The van der Waals surface area contributed by atoms with E-state index in [1.54, 1.807) is 71.2 Å². The fourth-order valence-electron chi connectivity index (χ4n) is 5.95. The van der Waals surface area contributed by atoms with Crippen molar-refractivity contribution in [2.24, 2.45) is 17.8 Å². The van der Waals surface area contributed by atoms with Crippen LogP contribution in [-0.2, 0) is 39.9 Å². The molecule has 14 nitrogen and oxygen atoms in total. The monoisotopic (exact) mass is 754 g/mol. The van der Waals surface area contributed by atoms with Crippen LogP contribution in [0.2, 0.25) is 0 Å². The van der Waals surface area contributed by atoms with Gasteiger partial charge in [-0.3, -0.25) is 24.2 Å². The van der Waals surface area contributed by atoms with Crippen molar-refractivity contribution < 1.29 is 48.8 Å². The minimum Gasteiger partial charge on any atom is -0.508 e. The summed E-state index contributed by atoms with van der Waals surface area (Å²) in [5, 5.41) is 38.8. The summed E-state index contributed by atoms with van der Waals surface area (Å²) >= 11 is 0. The van der Waals surface area contributed by atoms with E-state index in [2.05, 4.69) is 16.1 Å². The van der Waals surface area contributed by atoms with Crippen molar-refractivity contribution in [3.05, 3.63) is 65.8 Å². The Bertz CT molecular complexity index is 1510. The molecule has 0 aliphatic carbocycles. The fraction of sp³-hybridized carbons (Fsp3) is 0.550. The van der Waals surface area contributed by atoms with Gasteiger partial charge >= 0.3 is 5.97 Å². The van der Waals surface area contributed by atoms with Gasteiger partial charge in [-0.05, 0) is 81.8 Å². The van der Waals surface area contributed by atoms with Crippen molar-refractivity contribution >= 4 is 36.1 Å². The number of carbonyl (C=O) groups is 6. The number of benzene rings is 1. The maximum absolute atomic E-state index is 13.4. The Morgan fingerprint density at radius 3 is 2.43 bits per heavy atom. The lowest BCUT2D eigenvalue weighted by molar-refractivity contribution is -0.155. The van der Waals surface area contributed by atoms with Gasteiger partial charge in [-0.15, -0.1) is 0 Å². The summed E-state index contributed by atoms with van der Waals surface area (Å²) in [6.07, 6.45) is 7.04. The summed E-state index contributed by atoms with van der Waals surface area (Å²) in [5.41, 5.74) is 4.26. The largest absolute Gasteiger partial charge is 0.508 e. The van der Waals surface area contributed by atoms with E-state index in [4.69, 9.17) is 4.74 Å². The molecule has 1 saturated heterocycles. The van der Waals surface area contributed by atoms with E-state index in [1.165, 1.54) is 24.1 Å². The second-order valence-corrected chi connectivity index (χ2v) is 14.2. The molecular formula is C40H58N4O10. The van der Waals surface area contributed by atoms with Crippen LogP contribution in [0.1, 0.15) is 72.3 Å². The lowest BCUT2D eigenvalue weighted by atomic mass is 9.84. The summed E-state index contributed by atoms with van der Waals surface area (Å²) in [6, 6.07) is 4.47. The molecule has 0 radical (unpaired) electrons. The molecule has 1 aliphatic rings. The molecular weight excluding hydrogens is 696 g/mol. The third kappa shape index (κ3) is 14.7. The SMILES string of the molecule is CNC(Cc1cccc(O)c1)C(=O)N1CCCC(C(=O)O[C@@H](C/C=C/C=C/[C@H](O)C(C)C(O)C(CCC(C)=O)C(=O)NC(C=O)C(C)C)/C(C)=C/C=O)N1. The van der Waals surface area contributed by atoms with Gasteiger partial charge in [0.25, 0.3) is 5.91 Å². The number of aromatic hydroxyl groups is 1. The molecule has 54 heavy (non-hydrogen) atoms. The summed E-state index contributed by atoms with van der Waals surface area (Å²) in [7, 11) is 1.66. The molecule has 2 rings (SSSR count). The van der Waals surface area contributed by atoms with Crippen molar-refractivity contribution in [3.63, 3.8) is 0 Å². The van der Waals surface area contributed by atoms with E-state index in [0.717, 1.165) is 5.56 Å². The molecule has 0 bridgehead atoms. The number of aliphatic hydroxyl groups excluding tert-OH is 2. The smallest absolute Gasteiger partial charge is 0.325 e. The van der Waals surface area contributed by atoms with E-state index < -0.39 is 60.1 Å². The van der Waals surface area contributed by atoms with Crippen molar-refractivity contribution in [2.45, 2.75) is 110 Å². The quantitative estimate of drug-likeness (QED) is 0.0436. The molecule has 8 atom stereocenters. The maximum atomic E-state index is 13.4. The number of phenolic OH excluding ortho intramolecular Hbond substituents is 1. The highest BCUT2D eigenvalue weighted by Gasteiger charge is 2.35. The first-order valence-corrected chi connectivity index (χ1v) is 18.4. The number of ether oxygens (including phenoxy) is 1. The topological polar surface area (TPSA) is 212 Å². The van der Waals surface area contributed by atoms with Crippen LogP contribution >= 0.6 is 0 Å². The Kier molecular flexibility index (Phi) is 19.7. The van der Waals surface area contributed by atoms with Crippen LogP contribution < -0.4 is 16.1 Å². The molecule has 6 N–H and O–H groups in total. The molecule has 1 heterocycles. The number of allylic oxidation sites excluding steroid dienone is 3. The molecule has 0 saturated carbocycles. The molecule has 6 unspecified atom stereocenters. The Morgan fingerprint density at radius 2 is 1.81 bits per heavy atom. The highest BCUT2D eigenvalue weighted by Crippen LogP contribution is 2.23. The number of hydrogen-bond acceptors (Lipinski definition) is 12. The van der Waals surface area contributed by atoms with Gasteiger partial charge in [-0.25, -0.2) is 5.43 Å². The van der Waals surface area contributed by atoms with E-state index in [-0.39, 0.29) is 42.6 Å². The van der Waals surface area contributed by atoms with Crippen LogP contribution in [0.25, 0.3) is 0 Å². The molecule has 1 aliphatic heterocycles. The first kappa shape index (κ1) is 45.7. The highest BCUT2D eigenvalue weighted by atomic mass is 16.5. The zero-order valence-corrected chi connectivity index (χ0v) is 32.1. The number of ketones is 1. The Labute approximate surface area is 318 Å². The Morgan fingerprint density at radius 1 is 1.09 bits per heavy atom. The van der Waals surface area contributed by atoms with E-state index in [9.17, 15) is 44.1 Å². The van der Waals surface area contributed by atoms with E-state index in [0.29, 0.717) is 44.0 Å². The normalized spacial score (nSPS) is 19.1. The van der Waals surface area contributed by atoms with Gasteiger partial charge in [0.05, 0.1) is 30.2 Å². The van der Waals surface area contributed by atoms with Gasteiger partial charge < -0.3 is 40.3 Å². The number of rotatable bonds is 22. The van der Waals surface area contributed by atoms with Crippen molar-refractivity contribution in [2.75, 3.05) is 13.6 Å². The Balaban J connectivity index is 2.06. The molecule has 0 aromatic heterocycles. The van der Waals surface area contributed by atoms with Crippen LogP contribution in [0.3, 0.4) is 0 Å². The second kappa shape index (κ2) is 23.3. The average molecular weight is 755 g/mol. The first-order chi connectivity index (χ1) is 25.6. The number of amides is 2. The van der Waals surface area contributed by atoms with Crippen molar-refractivity contribution in [1.82, 2.24) is 21.1 Å². The number of hydrazine groups is 1. The lowest BCUT2D eigenvalue weighted by Gasteiger charge is -2.35. The van der Waals surface area contributed by atoms with Crippen LogP contribution in [0.15, 0.2) is 60.2 Å². The minimum absolute atomic E-state index is 0.0409. The number of phenols is 1. The minimum atomic E-state index is -1.32. The van der Waals surface area contributed by atoms with Crippen LogP contribution in [0.5, 0.6) is 5.75 Å². The number of carbonyl (C=O) groups excluding carboxylic acids is 6. The predicted octanol–water partition coefficient (Wildman–Crippen LogP) is 2.26. The van der Waals surface area contributed by atoms with Crippen molar-refractivity contribution in [1.29, 1.82) is 0 Å². The predicted molar refractivity (Wildman–Crippen MR) is 203 cm³/mol. The molecule has 14 heteroatoms. The lowest BCUT2D eigenvalue weighted by Crippen LogP contribution is -2.59. The number of aliphatic hydroxyl groups is 2. The van der Waals surface area contributed by atoms with Gasteiger partial charge in [0.15, 0.2) is 0 Å². The maximum Gasteiger partial charge on any atom is 0.325 e. The second-order valence-electron chi connectivity index (χ2n) is 14.2. The number of nitrogens with one attached hydrogen (secondary N) is 3. The summed E-state index contributed by atoms with van der Waals surface area (Å²) in [4.78, 5) is 74.1. The standard InChI is InChI=1S/C40H58N4O10/c1-25(2)34(24-46)42-38(51)31(18-17-27(4)47)37(50)28(5)35(49)15-8-7-9-16-36(26(3)19-21-45)54-40(53)32-14-11-20-44(43-32)39(52)33(41-6)23-29-12-10-13-30(48)22-29/h7-10,12-13,15,19,21-22,24-25,28,31-37,41,43,48-50H,11,14,16-18,20,23H2,1-6H3,(H,42,51)/b9-7+,15-8+,26-19+/t28?,31?,32?,33?,34?,35-,36-,37?/m0/s1. The molecule has 2 amide bonds. The van der Waals surface area contributed by atoms with Crippen molar-refractivity contribution in [3.8, 4) is 5.75 Å². The third-order valence-electron chi connectivity index (χ3n) is 9.54. The summed E-state index contributed by atoms with van der Waals surface area (Å²) in [5.74, 6) is -3.53. The third-order valence-corrected chi connectivity index (χ3v) is 9.54. The number of hydrogen-bond donors (Lipinski definition) is 6. The average Bonchev–Trinajstić information content (AvgIpc) is 3.14. The van der Waals surface area contributed by atoms with Gasteiger partial charge in [0.2, 0.25) is 5.91 Å². The van der Waals surface area contributed by atoms with E-state index >= 15 is 0 Å². The van der Waals surface area contributed by atoms with Gasteiger partial charge in [-0.1, -0.05) is 57.2 Å². The number of likely N-dealkylation sites (N-methyl/N-ethyl adjacent to an activating group) is 1. The van der Waals surface area contributed by atoms with Gasteiger partial charge in [0.1, 0.15) is 36.3 Å². The fourth-order valence-corrected chi connectivity index (χ4v) is 5.95. The summed E-state index contributed by atoms with van der Waals surface area (Å²) in [6.45, 7) is 8.53. The van der Waals surface area contributed by atoms with Gasteiger partial charge in [-0.2, -0.15) is 0 Å². The highest BCUT2D eigenvalue weighted by molar-refractivity contribution is 5.84. The molecule has 1 aromatic rings. The zero-order valence-electron chi connectivity index (χ0n) is 32.1. The molecule has 0 spiro atoms. The van der Waals surface area contributed by atoms with Crippen LogP contribution in [0, 0.1) is 17.8 Å².